The predicted molar refractivity (Wildman–Crippen MR) is 106 cm³/mol. The van der Waals surface area contributed by atoms with E-state index >= 15 is 0 Å². The molecule has 0 saturated carbocycles. The Morgan fingerprint density at radius 2 is 1.88 bits per heavy atom. The van der Waals surface area contributed by atoms with Gasteiger partial charge in [-0.25, -0.2) is 0 Å². The van der Waals surface area contributed by atoms with Crippen LogP contribution in [0.3, 0.4) is 0 Å². The van der Waals surface area contributed by atoms with Crippen molar-refractivity contribution in [2.75, 3.05) is 0 Å². The summed E-state index contributed by atoms with van der Waals surface area (Å²) in [5.41, 5.74) is 4.22. The van der Waals surface area contributed by atoms with Crippen LogP contribution in [-0.4, -0.2) is 15.7 Å². The molecule has 0 amide bonds. The first-order valence-corrected chi connectivity index (χ1v) is 8.55. The SMILES string of the molecule is Cc1cc(C=Nc2ccc(Cl)c([N+](=O)[O-])c2)c(C)n1-c1cccc(Cl)c1. The Morgan fingerprint density at radius 1 is 1.12 bits per heavy atom. The lowest BCUT2D eigenvalue weighted by molar-refractivity contribution is -0.384. The number of hydrogen-bond acceptors (Lipinski definition) is 3. The molecule has 0 aliphatic carbocycles. The third-order valence-corrected chi connectivity index (χ3v) is 4.57. The quantitative estimate of drug-likeness (QED) is 0.310. The van der Waals surface area contributed by atoms with Crippen LogP contribution in [0.5, 0.6) is 0 Å². The summed E-state index contributed by atoms with van der Waals surface area (Å²) >= 11 is 11.9. The topological polar surface area (TPSA) is 60.4 Å². The Bertz CT molecular complexity index is 1030. The zero-order valence-electron chi connectivity index (χ0n) is 14.1. The molecule has 26 heavy (non-hydrogen) atoms. The van der Waals surface area contributed by atoms with Crippen molar-refractivity contribution in [1.29, 1.82) is 0 Å². The molecule has 3 rings (SSSR count). The zero-order chi connectivity index (χ0) is 18.8. The van der Waals surface area contributed by atoms with Crippen molar-refractivity contribution in [3.05, 3.63) is 85.6 Å². The van der Waals surface area contributed by atoms with E-state index in [0.29, 0.717) is 10.7 Å². The molecule has 0 aliphatic heterocycles. The van der Waals surface area contributed by atoms with Gasteiger partial charge in [0.25, 0.3) is 5.69 Å². The molecule has 0 radical (unpaired) electrons. The minimum Gasteiger partial charge on any atom is -0.318 e. The van der Waals surface area contributed by atoms with Gasteiger partial charge in [-0.1, -0.05) is 29.3 Å². The van der Waals surface area contributed by atoms with Crippen LogP contribution in [0.15, 0.2) is 53.5 Å². The molecular formula is C19H15Cl2N3O2. The molecule has 3 aromatic rings. The van der Waals surface area contributed by atoms with Crippen molar-refractivity contribution in [2.24, 2.45) is 4.99 Å². The van der Waals surface area contributed by atoms with Gasteiger partial charge >= 0.3 is 0 Å². The molecule has 132 valence electrons. The highest BCUT2D eigenvalue weighted by Crippen LogP contribution is 2.29. The van der Waals surface area contributed by atoms with Crippen molar-refractivity contribution in [2.45, 2.75) is 13.8 Å². The predicted octanol–water partition coefficient (Wildman–Crippen LogP) is 6.06. The van der Waals surface area contributed by atoms with Gasteiger partial charge in [0.1, 0.15) is 5.02 Å². The fraction of sp³-hybridized carbons (Fsp3) is 0.105. The molecule has 0 N–H and O–H groups in total. The average molecular weight is 388 g/mol. The monoisotopic (exact) mass is 387 g/mol. The Hall–Kier alpha value is -2.63. The summed E-state index contributed by atoms with van der Waals surface area (Å²) in [7, 11) is 0. The summed E-state index contributed by atoms with van der Waals surface area (Å²) in [5.74, 6) is 0. The minimum atomic E-state index is -0.521. The van der Waals surface area contributed by atoms with Gasteiger partial charge in [0.2, 0.25) is 0 Å². The molecule has 0 saturated heterocycles. The van der Waals surface area contributed by atoms with Gasteiger partial charge < -0.3 is 4.57 Å². The molecule has 1 heterocycles. The lowest BCUT2D eigenvalue weighted by Gasteiger charge is -2.09. The lowest BCUT2D eigenvalue weighted by atomic mass is 10.2. The molecule has 0 atom stereocenters. The standard InChI is InChI=1S/C19H15Cl2N3O2/c1-12-8-14(13(2)23(12)17-5-3-4-15(20)9-17)11-22-16-6-7-18(21)19(10-16)24(25)26/h3-11H,1-2H3. The summed E-state index contributed by atoms with van der Waals surface area (Å²) < 4.78 is 2.08. The molecule has 7 heteroatoms. The number of aliphatic imine (C=N–C) groups is 1. The highest BCUT2D eigenvalue weighted by atomic mass is 35.5. The Morgan fingerprint density at radius 3 is 2.58 bits per heavy atom. The van der Waals surface area contributed by atoms with Crippen LogP contribution in [-0.2, 0) is 0 Å². The average Bonchev–Trinajstić information content (AvgIpc) is 2.87. The second-order valence-corrected chi connectivity index (χ2v) is 6.64. The van der Waals surface area contributed by atoms with Crippen molar-refractivity contribution in [1.82, 2.24) is 4.57 Å². The van der Waals surface area contributed by atoms with Crippen LogP contribution >= 0.6 is 23.2 Å². The molecule has 0 fully saturated rings. The summed E-state index contributed by atoms with van der Waals surface area (Å²) in [6, 6.07) is 14.1. The second kappa shape index (κ2) is 7.32. The molecule has 1 aromatic heterocycles. The van der Waals surface area contributed by atoms with E-state index in [-0.39, 0.29) is 10.7 Å². The number of aryl methyl sites for hydroxylation is 1. The van der Waals surface area contributed by atoms with Crippen LogP contribution in [0.4, 0.5) is 11.4 Å². The van der Waals surface area contributed by atoms with Crippen LogP contribution in [0.2, 0.25) is 10.0 Å². The number of aromatic nitrogens is 1. The van der Waals surface area contributed by atoms with Crippen LogP contribution < -0.4 is 0 Å². The van der Waals surface area contributed by atoms with Crippen LogP contribution in [0, 0.1) is 24.0 Å². The summed E-state index contributed by atoms with van der Waals surface area (Å²) in [4.78, 5) is 14.8. The van der Waals surface area contributed by atoms with Gasteiger partial charge in [-0.2, -0.15) is 0 Å². The second-order valence-electron chi connectivity index (χ2n) is 5.79. The first kappa shape index (κ1) is 18.2. The lowest BCUT2D eigenvalue weighted by Crippen LogP contribution is -1.99. The Kier molecular flexibility index (Phi) is 5.11. The minimum absolute atomic E-state index is 0.0908. The van der Waals surface area contributed by atoms with E-state index in [1.54, 1.807) is 12.3 Å². The normalized spacial score (nSPS) is 11.2. The van der Waals surface area contributed by atoms with Gasteiger partial charge in [-0.05, 0) is 50.2 Å². The summed E-state index contributed by atoms with van der Waals surface area (Å²) in [6.45, 7) is 3.98. The highest BCUT2D eigenvalue weighted by Gasteiger charge is 2.13. The number of benzene rings is 2. The first-order valence-electron chi connectivity index (χ1n) is 7.79. The maximum Gasteiger partial charge on any atom is 0.290 e. The molecule has 0 spiro atoms. The third-order valence-electron chi connectivity index (χ3n) is 4.02. The van der Waals surface area contributed by atoms with E-state index in [1.165, 1.54) is 12.1 Å². The van der Waals surface area contributed by atoms with Gasteiger partial charge in [-0.3, -0.25) is 15.1 Å². The van der Waals surface area contributed by atoms with Crippen LogP contribution in [0.1, 0.15) is 17.0 Å². The Balaban J connectivity index is 1.97. The van der Waals surface area contributed by atoms with Crippen molar-refractivity contribution >= 4 is 40.8 Å². The molecule has 0 bridgehead atoms. The maximum absolute atomic E-state index is 11.0. The van der Waals surface area contributed by atoms with E-state index in [1.807, 2.05) is 44.2 Å². The summed E-state index contributed by atoms with van der Waals surface area (Å²) in [5, 5.41) is 11.7. The van der Waals surface area contributed by atoms with E-state index in [0.717, 1.165) is 22.6 Å². The van der Waals surface area contributed by atoms with E-state index in [9.17, 15) is 10.1 Å². The number of halogens is 2. The number of nitro benzene ring substituents is 1. The largest absolute Gasteiger partial charge is 0.318 e. The van der Waals surface area contributed by atoms with Gasteiger partial charge in [0.15, 0.2) is 0 Å². The number of nitro groups is 1. The van der Waals surface area contributed by atoms with Gasteiger partial charge in [0, 0.05) is 39.9 Å². The Labute approximate surface area is 160 Å². The fourth-order valence-electron chi connectivity index (χ4n) is 2.80. The maximum atomic E-state index is 11.0. The summed E-state index contributed by atoms with van der Waals surface area (Å²) in [6.07, 6.45) is 1.69. The van der Waals surface area contributed by atoms with E-state index < -0.39 is 4.92 Å². The first-order chi connectivity index (χ1) is 12.4. The highest BCUT2D eigenvalue weighted by molar-refractivity contribution is 6.32. The van der Waals surface area contributed by atoms with E-state index in [2.05, 4.69) is 9.56 Å². The fourth-order valence-corrected chi connectivity index (χ4v) is 3.17. The van der Waals surface area contributed by atoms with E-state index in [4.69, 9.17) is 23.2 Å². The molecular weight excluding hydrogens is 373 g/mol. The molecule has 5 nitrogen and oxygen atoms in total. The van der Waals surface area contributed by atoms with Crippen LogP contribution in [0.25, 0.3) is 5.69 Å². The molecule has 2 aromatic carbocycles. The number of rotatable bonds is 4. The molecule has 0 unspecified atom stereocenters. The number of nitrogens with zero attached hydrogens (tertiary/aromatic N) is 3. The van der Waals surface area contributed by atoms with Gasteiger partial charge in [0.05, 0.1) is 10.6 Å². The van der Waals surface area contributed by atoms with Crippen molar-refractivity contribution in [3.8, 4) is 5.69 Å². The number of hydrogen-bond donors (Lipinski definition) is 0. The molecule has 0 aliphatic rings. The third kappa shape index (κ3) is 3.64. The van der Waals surface area contributed by atoms with Crippen molar-refractivity contribution in [3.63, 3.8) is 0 Å². The smallest absolute Gasteiger partial charge is 0.290 e. The zero-order valence-corrected chi connectivity index (χ0v) is 15.6. The van der Waals surface area contributed by atoms with Crippen molar-refractivity contribution < 1.29 is 4.92 Å². The van der Waals surface area contributed by atoms with Gasteiger partial charge in [-0.15, -0.1) is 0 Å².